The van der Waals surface area contributed by atoms with Crippen LogP contribution in [-0.2, 0) is 12.5 Å². The van der Waals surface area contributed by atoms with Gasteiger partial charge in [-0.15, -0.1) is 0 Å². The number of nitrogens with zero attached hydrogens (tertiary/aromatic N) is 2. The van der Waals surface area contributed by atoms with Crippen molar-refractivity contribution in [1.82, 2.24) is 9.78 Å². The molecule has 0 spiro atoms. The van der Waals surface area contributed by atoms with Gasteiger partial charge in [0.05, 0.1) is 6.42 Å². The van der Waals surface area contributed by atoms with Crippen LogP contribution in [0.5, 0.6) is 0 Å². The molecule has 1 heterocycles. The number of benzene rings is 1. The average Bonchev–Trinajstić information content (AvgIpc) is 2.84. The molecule has 0 aliphatic heterocycles. The van der Waals surface area contributed by atoms with Gasteiger partial charge in [-0.05, 0) is 17.0 Å². The van der Waals surface area contributed by atoms with Gasteiger partial charge < -0.3 is 0 Å². The summed E-state index contributed by atoms with van der Waals surface area (Å²) >= 11 is 0. The number of aryl methyl sites for hydroxylation is 1. The van der Waals surface area contributed by atoms with Gasteiger partial charge in [-0.25, -0.2) is 0 Å². The summed E-state index contributed by atoms with van der Waals surface area (Å²) in [5, 5.41) is 4.02. The second-order valence-corrected chi connectivity index (χ2v) is 6.23. The van der Waals surface area contributed by atoms with Crippen LogP contribution in [0.3, 0.4) is 0 Å². The van der Waals surface area contributed by atoms with Crippen molar-refractivity contribution in [2.75, 3.05) is 0 Å². The van der Waals surface area contributed by atoms with Gasteiger partial charge in [0.2, 0.25) is 0 Å². The molecule has 0 fully saturated rings. The van der Waals surface area contributed by atoms with Crippen LogP contribution in [0, 0.1) is 0 Å². The van der Waals surface area contributed by atoms with Crippen molar-refractivity contribution in [1.29, 1.82) is 0 Å². The predicted octanol–water partition coefficient (Wildman–Crippen LogP) is 3.17. The van der Waals surface area contributed by atoms with E-state index in [4.69, 9.17) is 0 Å². The Balaban J connectivity index is 2.08. The molecule has 110 valence electrons. The van der Waals surface area contributed by atoms with E-state index in [0.29, 0.717) is 11.3 Å². The molecular weight excluding hydrogens is 264 g/mol. The first-order valence-electron chi connectivity index (χ1n) is 6.94. The number of hydrogen-bond acceptors (Lipinski definition) is 3. The van der Waals surface area contributed by atoms with E-state index in [2.05, 4.69) is 25.9 Å². The highest BCUT2D eigenvalue weighted by molar-refractivity contribution is 6.12. The molecule has 4 heteroatoms. The summed E-state index contributed by atoms with van der Waals surface area (Å²) in [7, 11) is 1.74. The molecule has 21 heavy (non-hydrogen) atoms. The van der Waals surface area contributed by atoms with Gasteiger partial charge in [0.15, 0.2) is 11.6 Å². The van der Waals surface area contributed by atoms with Crippen LogP contribution in [0.15, 0.2) is 36.5 Å². The van der Waals surface area contributed by atoms with Crippen molar-refractivity contribution in [3.8, 4) is 0 Å². The standard InChI is InChI=1S/C17H20N2O2/c1-17(2,3)13-7-5-12(6-8-13)15(20)11-16(21)14-9-10-19(4)18-14/h5-10H,11H2,1-4H3. The van der Waals surface area contributed by atoms with Crippen molar-refractivity contribution in [3.05, 3.63) is 53.3 Å². The zero-order valence-corrected chi connectivity index (χ0v) is 12.9. The second-order valence-electron chi connectivity index (χ2n) is 6.23. The monoisotopic (exact) mass is 284 g/mol. The summed E-state index contributed by atoms with van der Waals surface area (Å²) in [5.41, 5.74) is 2.10. The van der Waals surface area contributed by atoms with Gasteiger partial charge in [0.1, 0.15) is 5.69 Å². The summed E-state index contributed by atoms with van der Waals surface area (Å²) in [6.07, 6.45) is 1.54. The Morgan fingerprint density at radius 1 is 1.05 bits per heavy atom. The maximum Gasteiger partial charge on any atom is 0.190 e. The maximum atomic E-state index is 12.1. The molecule has 0 bridgehead atoms. The highest BCUT2D eigenvalue weighted by atomic mass is 16.1. The highest BCUT2D eigenvalue weighted by Crippen LogP contribution is 2.22. The Kier molecular flexibility index (Phi) is 4.07. The molecule has 0 radical (unpaired) electrons. The van der Waals surface area contributed by atoms with Gasteiger partial charge in [-0.3, -0.25) is 14.3 Å². The third-order valence-electron chi connectivity index (χ3n) is 3.39. The van der Waals surface area contributed by atoms with Crippen molar-refractivity contribution < 1.29 is 9.59 Å². The molecule has 1 aromatic heterocycles. The summed E-state index contributed by atoms with van der Waals surface area (Å²) in [5.74, 6) is -0.424. The zero-order valence-electron chi connectivity index (χ0n) is 12.9. The Morgan fingerprint density at radius 3 is 2.14 bits per heavy atom. The third-order valence-corrected chi connectivity index (χ3v) is 3.39. The first kappa shape index (κ1) is 15.2. The predicted molar refractivity (Wildman–Crippen MR) is 81.6 cm³/mol. The van der Waals surface area contributed by atoms with Gasteiger partial charge in [0, 0.05) is 18.8 Å². The quantitative estimate of drug-likeness (QED) is 0.640. The Labute approximate surface area is 124 Å². The van der Waals surface area contributed by atoms with Crippen LogP contribution < -0.4 is 0 Å². The molecular formula is C17H20N2O2. The van der Waals surface area contributed by atoms with Gasteiger partial charge >= 0.3 is 0 Å². The molecule has 4 nitrogen and oxygen atoms in total. The lowest BCUT2D eigenvalue weighted by atomic mass is 9.86. The fraction of sp³-hybridized carbons (Fsp3) is 0.353. The summed E-state index contributed by atoms with van der Waals surface area (Å²) < 4.78 is 1.55. The van der Waals surface area contributed by atoms with E-state index in [1.54, 1.807) is 36.1 Å². The molecule has 0 saturated heterocycles. The normalized spacial score (nSPS) is 11.4. The zero-order chi connectivity index (χ0) is 15.6. The van der Waals surface area contributed by atoms with E-state index in [0.717, 1.165) is 5.56 Å². The number of rotatable bonds is 4. The molecule has 0 unspecified atom stereocenters. The molecule has 0 aliphatic rings. The molecule has 2 rings (SSSR count). The first-order chi connectivity index (χ1) is 9.77. The lowest BCUT2D eigenvalue weighted by molar-refractivity contribution is 0.0891. The van der Waals surface area contributed by atoms with Crippen molar-refractivity contribution in [2.45, 2.75) is 32.6 Å². The average molecular weight is 284 g/mol. The second kappa shape index (κ2) is 5.64. The van der Waals surface area contributed by atoms with E-state index in [9.17, 15) is 9.59 Å². The lowest BCUT2D eigenvalue weighted by Crippen LogP contribution is -2.12. The number of carbonyl (C=O) groups excluding carboxylic acids is 2. The van der Waals surface area contributed by atoms with Crippen LogP contribution in [0.2, 0.25) is 0 Å². The Bertz CT molecular complexity index is 661. The number of hydrogen-bond donors (Lipinski definition) is 0. The fourth-order valence-electron chi connectivity index (χ4n) is 2.06. The third kappa shape index (κ3) is 3.66. The van der Waals surface area contributed by atoms with Crippen LogP contribution in [0.1, 0.15) is 53.6 Å². The minimum Gasteiger partial charge on any atom is -0.294 e. The van der Waals surface area contributed by atoms with Crippen LogP contribution in [0.25, 0.3) is 0 Å². The SMILES string of the molecule is Cn1ccc(C(=O)CC(=O)c2ccc(C(C)(C)C)cc2)n1. The molecule has 0 N–H and O–H groups in total. The van der Waals surface area contributed by atoms with E-state index >= 15 is 0 Å². The van der Waals surface area contributed by atoms with E-state index in [1.165, 1.54) is 0 Å². The molecule has 0 aliphatic carbocycles. The summed E-state index contributed by atoms with van der Waals surface area (Å²) in [4.78, 5) is 24.1. The Hall–Kier alpha value is -2.23. The van der Waals surface area contributed by atoms with Crippen molar-refractivity contribution in [2.24, 2.45) is 7.05 Å². The van der Waals surface area contributed by atoms with Gasteiger partial charge in [-0.1, -0.05) is 45.0 Å². The molecule has 0 atom stereocenters. The summed E-state index contributed by atoms with van der Waals surface area (Å²) in [6.45, 7) is 6.36. The minimum atomic E-state index is -0.250. The van der Waals surface area contributed by atoms with Gasteiger partial charge in [-0.2, -0.15) is 5.10 Å². The largest absolute Gasteiger partial charge is 0.294 e. The Morgan fingerprint density at radius 2 is 1.67 bits per heavy atom. The topological polar surface area (TPSA) is 52.0 Å². The number of ketones is 2. The molecule has 0 saturated carbocycles. The first-order valence-corrected chi connectivity index (χ1v) is 6.94. The fourth-order valence-corrected chi connectivity index (χ4v) is 2.06. The maximum absolute atomic E-state index is 12.1. The highest BCUT2D eigenvalue weighted by Gasteiger charge is 2.17. The van der Waals surface area contributed by atoms with Crippen LogP contribution >= 0.6 is 0 Å². The number of Topliss-reactive ketones (excluding diaryl/α,β-unsaturated/α-hetero) is 2. The van der Waals surface area contributed by atoms with Crippen molar-refractivity contribution >= 4 is 11.6 Å². The van der Waals surface area contributed by atoms with E-state index in [1.807, 2.05) is 12.1 Å². The van der Waals surface area contributed by atoms with Crippen LogP contribution in [-0.4, -0.2) is 21.3 Å². The molecule has 2 aromatic rings. The van der Waals surface area contributed by atoms with E-state index < -0.39 is 0 Å². The van der Waals surface area contributed by atoms with Gasteiger partial charge in [0.25, 0.3) is 0 Å². The minimum absolute atomic E-state index is 0.0470. The molecule has 1 aromatic carbocycles. The molecule has 0 amide bonds. The smallest absolute Gasteiger partial charge is 0.190 e. The van der Waals surface area contributed by atoms with Crippen molar-refractivity contribution in [3.63, 3.8) is 0 Å². The summed E-state index contributed by atoms with van der Waals surface area (Å²) in [6, 6.07) is 9.08. The lowest BCUT2D eigenvalue weighted by Gasteiger charge is -2.18. The van der Waals surface area contributed by atoms with E-state index in [-0.39, 0.29) is 23.4 Å². The number of aromatic nitrogens is 2. The van der Waals surface area contributed by atoms with Crippen LogP contribution in [0.4, 0.5) is 0 Å². The number of carbonyl (C=O) groups is 2.